The van der Waals surface area contributed by atoms with Gasteiger partial charge in [0.05, 0.1) is 99.4 Å². The van der Waals surface area contributed by atoms with Crippen LogP contribution in [0.3, 0.4) is 0 Å². The summed E-state index contributed by atoms with van der Waals surface area (Å²) in [4.78, 5) is 92.8. The molecule has 14 aromatic rings. The Kier molecular flexibility index (Phi) is 37.3. The Hall–Kier alpha value is -14.7. The summed E-state index contributed by atoms with van der Waals surface area (Å²) < 4.78 is 152. The monoisotopic (exact) mass is 2010 g/mol. The summed E-state index contributed by atoms with van der Waals surface area (Å²) in [6.07, 6.45) is -32.2. The summed E-state index contributed by atoms with van der Waals surface area (Å²) in [5.41, 5.74) is 5.47. The normalized spacial score (nSPS) is 23.6. The minimum atomic E-state index is -2.10. The van der Waals surface area contributed by atoms with Crippen LogP contribution in [0.4, 0.5) is 0 Å². The van der Waals surface area contributed by atoms with Crippen LogP contribution in [-0.2, 0) is 146 Å². The number of carbonyl (C=O) groups is 6. The standard InChI is InChI=1S/C122H114O27/c1-2-69-131-119-111(145-117(127)94-62-35-13-36-63-94)106(101(132-73-84-45-19-5-20-46-84)97(139-119)78-129-71-82-41-15-3-16-42-82)147-121-110(136-76-87-51-25-8-26-52-87)108(104(144-116(126)93-60-33-12-34-61-93)100(142-121)81-138-114(124)91-56-29-10-30-57-91)149-122-112(146-118(128)95-64-37-14-38-65-95)107(102(133-74-85-47-21-6-22-48-85)98(140-122)79-130-72-83-43-17-4-18-44-83)148-120-109(135-75-86-49-23-7-24-50-86)105(134-77-88-67-68-89-53-39-40-66-96(89)70-88)103(143-115(125)92-58-31-11-32-59-92)99(141-120)80-137-113(123)90-54-27-9-28-55-90/h2-68,70,97-112,119-122H,1,69,71-81H2. The molecule has 20 atom stereocenters. The van der Waals surface area contributed by atoms with Crippen molar-refractivity contribution in [3.8, 4) is 0 Å². The van der Waals surface area contributed by atoms with E-state index in [9.17, 15) is 4.79 Å². The highest BCUT2D eigenvalue weighted by molar-refractivity contribution is 5.92. The van der Waals surface area contributed by atoms with Gasteiger partial charge in [-0.25, -0.2) is 28.8 Å². The van der Waals surface area contributed by atoms with Crippen molar-refractivity contribution >= 4 is 46.6 Å². The van der Waals surface area contributed by atoms with Crippen molar-refractivity contribution in [1.82, 2.24) is 0 Å². The van der Waals surface area contributed by atoms with Gasteiger partial charge in [-0.15, -0.1) is 6.58 Å². The molecule has 0 N–H and O–H groups in total. The fourth-order valence-electron chi connectivity index (χ4n) is 18.1. The van der Waals surface area contributed by atoms with Crippen molar-refractivity contribution in [2.24, 2.45) is 0 Å². The van der Waals surface area contributed by atoms with Crippen LogP contribution in [0.25, 0.3) is 10.8 Å². The number of hydrogen-bond donors (Lipinski definition) is 0. The van der Waals surface area contributed by atoms with Crippen molar-refractivity contribution in [2.75, 3.05) is 33.0 Å². The summed E-state index contributed by atoms with van der Waals surface area (Å²) in [7, 11) is 0. The topological polar surface area (TPSA) is 296 Å². The number of esters is 6. The summed E-state index contributed by atoms with van der Waals surface area (Å²) in [5, 5.41) is 1.83. The van der Waals surface area contributed by atoms with Crippen LogP contribution in [0.5, 0.6) is 0 Å². The highest BCUT2D eigenvalue weighted by atomic mass is 16.8. The molecule has 4 saturated heterocycles. The Bertz CT molecular complexity index is 6530. The zero-order valence-corrected chi connectivity index (χ0v) is 81.5. The molecule has 149 heavy (non-hydrogen) atoms. The fraction of sp³-hybridized carbons (Fsp3) is 0.262. The maximum Gasteiger partial charge on any atom is 0.338 e. The van der Waals surface area contributed by atoms with E-state index in [1.807, 2.05) is 224 Å². The molecule has 0 spiro atoms. The lowest BCUT2D eigenvalue weighted by Crippen LogP contribution is -2.69. The van der Waals surface area contributed by atoms with Crippen LogP contribution >= 0.6 is 0 Å². The van der Waals surface area contributed by atoms with Gasteiger partial charge >= 0.3 is 35.8 Å². The van der Waals surface area contributed by atoms with Crippen molar-refractivity contribution in [2.45, 2.75) is 169 Å². The summed E-state index contributed by atoms with van der Waals surface area (Å²) in [5.74, 6) is -5.21. The van der Waals surface area contributed by atoms with E-state index in [0.717, 1.165) is 21.9 Å². The lowest BCUT2D eigenvalue weighted by molar-refractivity contribution is -0.397. The molecule has 18 rings (SSSR count). The summed E-state index contributed by atoms with van der Waals surface area (Å²) >= 11 is 0. The minimum absolute atomic E-state index is 0.0179. The first-order chi connectivity index (χ1) is 73.3. The van der Waals surface area contributed by atoms with Gasteiger partial charge in [0.15, 0.2) is 49.6 Å². The Morgan fingerprint density at radius 1 is 0.215 bits per heavy atom. The molecule has 27 heteroatoms. The van der Waals surface area contributed by atoms with Crippen LogP contribution in [0.15, 0.2) is 419 Å². The molecule has 4 heterocycles. The Morgan fingerprint density at radius 3 is 0.812 bits per heavy atom. The van der Waals surface area contributed by atoms with Crippen LogP contribution in [0.2, 0.25) is 0 Å². The molecule has 4 fully saturated rings. The summed E-state index contributed by atoms with van der Waals surface area (Å²) in [6, 6.07) is 119. The molecular weight excluding hydrogens is 1900 g/mol. The molecule has 27 nitrogen and oxygen atoms in total. The second-order valence-electron chi connectivity index (χ2n) is 36.0. The molecule has 4 aliphatic heterocycles. The molecule has 20 unspecified atom stereocenters. The highest BCUT2D eigenvalue weighted by Gasteiger charge is 2.61. The van der Waals surface area contributed by atoms with E-state index < -0.39 is 172 Å². The van der Waals surface area contributed by atoms with Crippen LogP contribution in [0, 0.1) is 0 Å². The van der Waals surface area contributed by atoms with Gasteiger partial charge in [0.1, 0.15) is 86.5 Å². The van der Waals surface area contributed by atoms with E-state index in [-0.39, 0.29) is 99.4 Å². The number of fused-ring (bicyclic) bond motifs is 1. The van der Waals surface area contributed by atoms with Gasteiger partial charge < -0.3 is 99.5 Å². The van der Waals surface area contributed by atoms with Gasteiger partial charge in [-0.3, -0.25) is 0 Å². The second-order valence-corrected chi connectivity index (χ2v) is 36.0. The quantitative estimate of drug-likeness (QED) is 0.0194. The number of benzene rings is 14. The van der Waals surface area contributed by atoms with Crippen molar-refractivity contribution < 1.29 is 128 Å². The molecule has 0 bridgehead atoms. The first kappa shape index (κ1) is 104. The van der Waals surface area contributed by atoms with E-state index >= 15 is 24.0 Å². The lowest BCUT2D eigenvalue weighted by atomic mass is 9.94. The van der Waals surface area contributed by atoms with Gasteiger partial charge in [-0.05, 0) is 129 Å². The molecular formula is C122H114O27. The predicted octanol–water partition coefficient (Wildman–Crippen LogP) is 19.4. The van der Waals surface area contributed by atoms with E-state index in [2.05, 4.69) is 6.58 Å². The Balaban J connectivity index is 0.846. The van der Waals surface area contributed by atoms with Gasteiger partial charge in [0.25, 0.3) is 0 Å². The van der Waals surface area contributed by atoms with Crippen LogP contribution in [-0.4, -0.2) is 192 Å². The number of ether oxygens (including phenoxy) is 21. The molecule has 0 radical (unpaired) electrons. The first-order valence-corrected chi connectivity index (χ1v) is 49.6. The van der Waals surface area contributed by atoms with E-state index in [0.29, 0.717) is 27.8 Å². The fourth-order valence-corrected chi connectivity index (χ4v) is 18.1. The summed E-state index contributed by atoms with van der Waals surface area (Å²) in [6.45, 7) is 0.886. The molecule has 764 valence electrons. The van der Waals surface area contributed by atoms with Crippen LogP contribution in [0.1, 0.15) is 101 Å². The number of rotatable bonds is 46. The zero-order valence-electron chi connectivity index (χ0n) is 81.5. The second kappa shape index (κ2) is 53.3. The van der Waals surface area contributed by atoms with Gasteiger partial charge in [0, 0.05) is 0 Å². The number of carbonyl (C=O) groups excluding carboxylic acids is 6. The van der Waals surface area contributed by atoms with Crippen LogP contribution < -0.4 is 0 Å². The smallest absolute Gasteiger partial charge is 0.338 e. The van der Waals surface area contributed by atoms with E-state index in [1.165, 1.54) is 6.08 Å². The van der Waals surface area contributed by atoms with E-state index in [4.69, 9.17) is 99.5 Å². The predicted molar refractivity (Wildman–Crippen MR) is 546 cm³/mol. The van der Waals surface area contributed by atoms with Gasteiger partial charge in [0.2, 0.25) is 0 Å². The van der Waals surface area contributed by atoms with Gasteiger partial charge in [-0.2, -0.15) is 0 Å². The van der Waals surface area contributed by atoms with Crippen molar-refractivity contribution in [3.63, 3.8) is 0 Å². The maximum absolute atomic E-state index is 16.4. The van der Waals surface area contributed by atoms with E-state index in [1.54, 1.807) is 182 Å². The Labute approximate surface area is 863 Å². The number of hydrogen-bond acceptors (Lipinski definition) is 27. The zero-order chi connectivity index (χ0) is 102. The first-order valence-electron chi connectivity index (χ1n) is 49.6. The molecule has 0 aromatic heterocycles. The molecule has 0 aliphatic carbocycles. The SMILES string of the molecule is C=CCOC1OC(COCc2ccccc2)C(OCc2ccccc2)C(OC2OC(COC(=O)c3ccccc3)C(OC(=O)c3ccccc3)C(OC3OC(COCc4ccccc4)C(OCc4ccccc4)C(OC4OC(COC(=O)c5ccccc5)C(OC(=O)c5ccccc5)C(OCc5ccc6ccccc6c5)C4OCc4ccccc4)C3OC(=O)c3ccccc3)C2OCc2ccccc2)C1OC(=O)c1ccccc1. The largest absolute Gasteiger partial charge is 0.459 e. The van der Waals surface area contributed by atoms with Crippen molar-refractivity contribution in [3.05, 3.63) is 491 Å². The maximum atomic E-state index is 16.4. The third-order valence-electron chi connectivity index (χ3n) is 25.6. The highest BCUT2D eigenvalue weighted by Crippen LogP contribution is 2.43. The van der Waals surface area contributed by atoms with Gasteiger partial charge in [-0.1, -0.05) is 334 Å². The molecule has 0 amide bonds. The average Bonchev–Trinajstić information content (AvgIpc) is 0.748. The third kappa shape index (κ3) is 28.4. The average molecular weight is 2010 g/mol. The Morgan fingerprint density at radius 2 is 0.463 bits per heavy atom. The molecule has 0 saturated carbocycles. The third-order valence-corrected chi connectivity index (χ3v) is 25.6. The van der Waals surface area contributed by atoms with Crippen molar-refractivity contribution in [1.29, 1.82) is 0 Å². The minimum Gasteiger partial charge on any atom is -0.459 e. The molecule has 14 aromatic carbocycles. The molecule has 4 aliphatic rings. The lowest BCUT2D eigenvalue weighted by Gasteiger charge is -2.52.